The minimum absolute atomic E-state index is 0.0300. The molecule has 0 saturated carbocycles. The molecule has 28 heavy (non-hydrogen) atoms. The van der Waals surface area contributed by atoms with E-state index in [1.165, 1.54) is 6.20 Å². The molecule has 4 heterocycles. The number of aromatic amines is 1. The van der Waals surface area contributed by atoms with Crippen molar-refractivity contribution in [3.8, 4) is 11.3 Å². The lowest BCUT2D eigenvalue weighted by Gasteiger charge is -2.16. The summed E-state index contributed by atoms with van der Waals surface area (Å²) in [7, 11) is 0. The summed E-state index contributed by atoms with van der Waals surface area (Å²) in [4.78, 5) is 19.2. The number of imidazole rings is 1. The van der Waals surface area contributed by atoms with Gasteiger partial charge in [0.05, 0.1) is 40.9 Å². The number of nitrogens with one attached hydrogen (secondary N) is 2. The average Bonchev–Trinajstić information content (AvgIpc) is 3.43. The molecular weight excluding hydrogens is 387 g/mol. The molecule has 5 rings (SSSR count). The summed E-state index contributed by atoms with van der Waals surface area (Å²) in [6, 6.07) is 0. The van der Waals surface area contributed by atoms with E-state index in [0.717, 1.165) is 12.8 Å². The molecule has 1 amide bonds. The molecule has 1 aromatic carbocycles. The number of amides is 1. The lowest BCUT2D eigenvalue weighted by Crippen LogP contribution is -2.04. The van der Waals surface area contributed by atoms with Crippen molar-refractivity contribution in [2.45, 2.75) is 18.9 Å². The molecule has 0 radical (unpaired) electrons. The number of ether oxygens (including phenoxy) is 1. The maximum atomic E-state index is 15.3. The fourth-order valence-electron chi connectivity index (χ4n) is 3.65. The van der Waals surface area contributed by atoms with Gasteiger partial charge in [0.2, 0.25) is 6.41 Å². The molecule has 10 heteroatoms. The molecule has 2 N–H and O–H groups in total. The topological polar surface area (TPSA) is 97.2 Å². The van der Waals surface area contributed by atoms with E-state index in [1.807, 2.05) is 0 Å². The van der Waals surface area contributed by atoms with Gasteiger partial charge in [-0.3, -0.25) is 14.9 Å². The molecule has 3 aromatic heterocycles. The third-order valence-corrected chi connectivity index (χ3v) is 5.24. The van der Waals surface area contributed by atoms with Crippen molar-refractivity contribution in [3.05, 3.63) is 41.2 Å². The van der Waals surface area contributed by atoms with E-state index in [9.17, 15) is 4.79 Å². The van der Waals surface area contributed by atoms with Gasteiger partial charge < -0.3 is 14.5 Å². The van der Waals surface area contributed by atoms with Crippen LogP contribution in [0.2, 0.25) is 5.02 Å². The zero-order valence-corrected chi connectivity index (χ0v) is 15.2. The van der Waals surface area contributed by atoms with E-state index >= 15 is 4.39 Å². The van der Waals surface area contributed by atoms with Crippen LogP contribution in [0.4, 0.5) is 10.2 Å². The number of benzene rings is 1. The second-order valence-corrected chi connectivity index (χ2v) is 6.88. The number of carbonyl (C=O) groups excluding carboxylic acids is 1. The molecule has 142 valence electrons. The first kappa shape index (κ1) is 17.1. The highest BCUT2D eigenvalue weighted by Gasteiger charge is 2.29. The Morgan fingerprint density at radius 2 is 2.29 bits per heavy atom. The number of nitrogens with zero attached hydrogens (tertiary/aromatic N) is 4. The van der Waals surface area contributed by atoms with Crippen LogP contribution in [0.5, 0.6) is 0 Å². The Kier molecular flexibility index (Phi) is 3.99. The van der Waals surface area contributed by atoms with E-state index in [1.54, 1.807) is 23.0 Å². The Morgan fingerprint density at radius 1 is 1.39 bits per heavy atom. The van der Waals surface area contributed by atoms with Gasteiger partial charge in [0.15, 0.2) is 11.5 Å². The highest BCUT2D eigenvalue weighted by Crippen LogP contribution is 2.43. The Bertz CT molecular complexity index is 1210. The number of rotatable bonds is 4. The largest absolute Gasteiger partial charge is 0.373 e. The maximum Gasteiger partial charge on any atom is 0.212 e. The lowest BCUT2D eigenvalue weighted by molar-refractivity contribution is -0.105. The summed E-state index contributed by atoms with van der Waals surface area (Å²) in [5, 5.41) is 10.1. The van der Waals surface area contributed by atoms with Crippen molar-refractivity contribution in [2.24, 2.45) is 0 Å². The summed E-state index contributed by atoms with van der Waals surface area (Å²) >= 11 is 6.46. The molecule has 0 bridgehead atoms. The van der Waals surface area contributed by atoms with E-state index < -0.39 is 5.82 Å². The Labute approximate surface area is 162 Å². The van der Waals surface area contributed by atoms with Crippen LogP contribution in [0.3, 0.4) is 0 Å². The van der Waals surface area contributed by atoms with Crippen LogP contribution in [0, 0.1) is 5.82 Å². The SMILES string of the molecule is O=CNc1cn2cc(-c3c(Cl)c(F)c(C4CCCO4)c4[nH]ncc34)ncc2n1. The first-order valence-corrected chi connectivity index (χ1v) is 9.06. The van der Waals surface area contributed by atoms with Crippen molar-refractivity contribution in [3.63, 3.8) is 0 Å². The molecule has 0 aliphatic carbocycles. The summed E-state index contributed by atoms with van der Waals surface area (Å²) in [5.41, 5.74) is 2.38. The fraction of sp³-hybridized carbons (Fsp3) is 0.222. The maximum absolute atomic E-state index is 15.3. The minimum atomic E-state index is -0.531. The Morgan fingerprint density at radius 3 is 3.07 bits per heavy atom. The van der Waals surface area contributed by atoms with Gasteiger partial charge >= 0.3 is 0 Å². The van der Waals surface area contributed by atoms with Gasteiger partial charge in [-0.1, -0.05) is 11.6 Å². The van der Waals surface area contributed by atoms with Crippen LogP contribution < -0.4 is 5.32 Å². The lowest BCUT2D eigenvalue weighted by atomic mass is 9.98. The fourth-order valence-corrected chi connectivity index (χ4v) is 3.95. The molecule has 0 spiro atoms. The van der Waals surface area contributed by atoms with Gasteiger partial charge in [0.1, 0.15) is 5.82 Å². The zero-order chi connectivity index (χ0) is 19.3. The number of aromatic nitrogens is 5. The van der Waals surface area contributed by atoms with Crippen LogP contribution in [0.25, 0.3) is 27.8 Å². The molecule has 1 aliphatic rings. The van der Waals surface area contributed by atoms with Crippen LogP contribution in [0.15, 0.2) is 24.8 Å². The van der Waals surface area contributed by atoms with Gasteiger partial charge in [0, 0.05) is 29.3 Å². The van der Waals surface area contributed by atoms with Crippen molar-refractivity contribution in [1.29, 1.82) is 0 Å². The number of carbonyl (C=O) groups is 1. The first-order valence-electron chi connectivity index (χ1n) is 8.68. The number of H-pyrrole nitrogens is 1. The smallest absolute Gasteiger partial charge is 0.212 e. The van der Waals surface area contributed by atoms with E-state index in [2.05, 4.69) is 25.5 Å². The zero-order valence-electron chi connectivity index (χ0n) is 14.4. The third-order valence-electron chi connectivity index (χ3n) is 4.88. The number of fused-ring (bicyclic) bond motifs is 2. The van der Waals surface area contributed by atoms with Crippen LogP contribution >= 0.6 is 11.6 Å². The summed E-state index contributed by atoms with van der Waals surface area (Å²) in [6.07, 6.45) is 8.23. The number of hydrogen-bond acceptors (Lipinski definition) is 5. The quantitative estimate of drug-likeness (QED) is 0.511. The third kappa shape index (κ3) is 2.54. The normalized spacial score (nSPS) is 16.9. The molecule has 1 saturated heterocycles. The molecule has 1 fully saturated rings. The van der Waals surface area contributed by atoms with Gasteiger partial charge in [-0.2, -0.15) is 5.10 Å². The van der Waals surface area contributed by atoms with Crippen LogP contribution in [-0.4, -0.2) is 37.6 Å². The number of hydrogen-bond donors (Lipinski definition) is 2. The highest BCUT2D eigenvalue weighted by molar-refractivity contribution is 6.35. The predicted octanol–water partition coefficient (Wildman–Crippen LogP) is 3.48. The van der Waals surface area contributed by atoms with E-state index in [-0.39, 0.29) is 11.1 Å². The second-order valence-electron chi connectivity index (χ2n) is 6.50. The van der Waals surface area contributed by atoms with E-state index in [4.69, 9.17) is 16.3 Å². The molecule has 1 unspecified atom stereocenters. The Hall–Kier alpha value is -3.04. The molecular formula is C18H14ClFN6O2. The predicted molar refractivity (Wildman–Crippen MR) is 101 cm³/mol. The van der Waals surface area contributed by atoms with E-state index in [0.29, 0.717) is 52.2 Å². The van der Waals surface area contributed by atoms with Gasteiger partial charge in [-0.25, -0.2) is 9.37 Å². The summed E-state index contributed by atoms with van der Waals surface area (Å²) in [6.45, 7) is 0.592. The first-order chi connectivity index (χ1) is 13.7. The van der Waals surface area contributed by atoms with Crippen LogP contribution in [-0.2, 0) is 9.53 Å². The molecule has 8 nitrogen and oxygen atoms in total. The average molecular weight is 401 g/mol. The van der Waals surface area contributed by atoms with Crippen molar-refractivity contribution >= 4 is 40.4 Å². The monoisotopic (exact) mass is 400 g/mol. The molecule has 4 aromatic rings. The summed E-state index contributed by atoms with van der Waals surface area (Å²) < 4.78 is 22.6. The van der Waals surface area contributed by atoms with Crippen molar-refractivity contribution in [2.75, 3.05) is 11.9 Å². The van der Waals surface area contributed by atoms with Gasteiger partial charge in [0.25, 0.3) is 0 Å². The molecule has 1 atom stereocenters. The number of halogens is 2. The highest BCUT2D eigenvalue weighted by atomic mass is 35.5. The second kappa shape index (κ2) is 6.54. The molecule has 1 aliphatic heterocycles. The standard InChI is InChI=1S/C18H14ClFN6O2/c19-16-14(10-6-26-7-12(22-8-27)24-13(26)5-21-10)9-4-23-25-18(9)15(17(16)20)11-2-1-3-28-11/h4-8,11H,1-3H2,(H,22,27)(H,23,25). The number of anilines is 1. The van der Waals surface area contributed by atoms with Gasteiger partial charge in [-0.05, 0) is 12.8 Å². The summed E-state index contributed by atoms with van der Waals surface area (Å²) in [5.74, 6) is -0.149. The van der Waals surface area contributed by atoms with Crippen molar-refractivity contribution < 1.29 is 13.9 Å². The Balaban J connectivity index is 1.72. The van der Waals surface area contributed by atoms with Gasteiger partial charge in [-0.15, -0.1) is 0 Å². The minimum Gasteiger partial charge on any atom is -0.373 e. The van der Waals surface area contributed by atoms with Crippen molar-refractivity contribution in [1.82, 2.24) is 24.6 Å². The van der Waals surface area contributed by atoms with Crippen LogP contribution in [0.1, 0.15) is 24.5 Å².